The molecule has 0 spiro atoms. The summed E-state index contributed by atoms with van der Waals surface area (Å²) in [7, 11) is -4.21. The molecule has 0 unspecified atom stereocenters. The lowest BCUT2D eigenvalue weighted by molar-refractivity contribution is -0.139. The fraction of sp³-hybridized carbons (Fsp3) is 0.333. The molecule has 9 heteroatoms. The number of hydrogen-bond donors (Lipinski definition) is 0. The molecule has 1 fully saturated rings. The highest BCUT2D eigenvalue weighted by molar-refractivity contribution is 7.48. The van der Waals surface area contributed by atoms with Gasteiger partial charge in [0.25, 0.3) is 0 Å². The molecule has 3 aromatic rings. The first-order valence-electron chi connectivity index (χ1n) is 12.9. The number of phosphoric acid groups is 1. The Morgan fingerprint density at radius 3 is 2.15 bits per heavy atom. The van der Waals surface area contributed by atoms with Crippen LogP contribution in [0.25, 0.3) is 4.85 Å². The molecule has 5 rings (SSSR count). The van der Waals surface area contributed by atoms with E-state index in [1.54, 1.807) is 23.1 Å². The maximum absolute atomic E-state index is 14.3. The van der Waals surface area contributed by atoms with Gasteiger partial charge in [-0.3, -0.25) is 18.4 Å². The lowest BCUT2D eigenvalue weighted by Crippen LogP contribution is -2.54. The Morgan fingerprint density at radius 2 is 1.62 bits per heavy atom. The highest BCUT2D eigenvalue weighted by Crippen LogP contribution is 2.57. The number of carbonyl (C=O) groups is 1. The average molecular weight is 547 g/mol. The molecular weight excluding hydrogens is 515 g/mol. The third-order valence-electron chi connectivity index (χ3n) is 6.94. The summed E-state index contributed by atoms with van der Waals surface area (Å²) in [4.78, 5) is 18.3. The van der Waals surface area contributed by atoms with Gasteiger partial charge in [-0.15, -0.1) is 0 Å². The van der Waals surface area contributed by atoms with Gasteiger partial charge >= 0.3 is 7.82 Å². The van der Waals surface area contributed by atoms with Crippen LogP contribution in [0.15, 0.2) is 78.9 Å². The summed E-state index contributed by atoms with van der Waals surface area (Å²) >= 11 is 0. The highest BCUT2D eigenvalue weighted by atomic mass is 31.2. The normalized spacial score (nSPS) is 20.2. The average Bonchev–Trinajstić information content (AvgIpc) is 3.37. The minimum absolute atomic E-state index is 0.00663. The van der Waals surface area contributed by atoms with Crippen LogP contribution in [0.1, 0.15) is 49.4 Å². The van der Waals surface area contributed by atoms with Crippen LogP contribution < -0.4 is 4.74 Å². The lowest BCUT2D eigenvalue weighted by Gasteiger charge is -2.47. The number of carbonyl (C=O) groups excluding carboxylic acids is 1. The largest absolute Gasteiger partial charge is 0.485 e. The summed E-state index contributed by atoms with van der Waals surface area (Å²) in [5, 5.41) is 0. The Morgan fingerprint density at radius 1 is 1.00 bits per heavy atom. The van der Waals surface area contributed by atoms with E-state index in [-0.39, 0.29) is 19.1 Å². The number of fused-ring (bicyclic) bond motifs is 1. The summed E-state index contributed by atoms with van der Waals surface area (Å²) in [5.41, 5.74) is 1.66. The van der Waals surface area contributed by atoms with Crippen molar-refractivity contribution in [2.45, 2.75) is 57.6 Å². The zero-order valence-electron chi connectivity index (χ0n) is 22.0. The van der Waals surface area contributed by atoms with Crippen molar-refractivity contribution in [2.24, 2.45) is 0 Å². The van der Waals surface area contributed by atoms with Gasteiger partial charge in [-0.1, -0.05) is 66.7 Å². The molecule has 2 aliphatic heterocycles. The Bertz CT molecular complexity index is 1360. The number of phosphoric ester groups is 1. The number of amides is 1. The van der Waals surface area contributed by atoms with Gasteiger partial charge in [0.05, 0.1) is 25.8 Å². The van der Waals surface area contributed by atoms with Crippen molar-refractivity contribution < 1.29 is 27.7 Å². The number of ether oxygens (including phenoxy) is 1. The SMILES string of the molecule is [C-]#[N+]c1ccc2c(c1)[C@@H](N1CCCC1=O)[C@H](OP(=O)(OCc1ccccc1)OCc1ccccc1)C(C)(C)O2. The Kier molecular flexibility index (Phi) is 7.88. The van der Waals surface area contributed by atoms with Crippen LogP contribution in [-0.2, 0) is 36.1 Å². The Labute approximate surface area is 228 Å². The van der Waals surface area contributed by atoms with Crippen molar-refractivity contribution in [3.05, 3.63) is 107 Å². The molecular formula is C30H31N2O6P. The second kappa shape index (κ2) is 11.3. The van der Waals surface area contributed by atoms with Crippen LogP contribution >= 0.6 is 7.82 Å². The molecule has 0 bridgehead atoms. The number of hydrogen-bond acceptors (Lipinski definition) is 6. The molecule has 2 aliphatic rings. The van der Waals surface area contributed by atoms with E-state index in [9.17, 15) is 9.36 Å². The molecule has 8 nitrogen and oxygen atoms in total. The zero-order valence-corrected chi connectivity index (χ0v) is 22.9. The fourth-order valence-electron chi connectivity index (χ4n) is 4.99. The second-order valence-corrected chi connectivity index (χ2v) is 11.8. The minimum atomic E-state index is -4.21. The maximum Gasteiger partial charge on any atom is 0.475 e. The van der Waals surface area contributed by atoms with Crippen LogP contribution in [0.2, 0.25) is 0 Å². The van der Waals surface area contributed by atoms with Gasteiger partial charge in [-0.05, 0) is 43.5 Å². The van der Waals surface area contributed by atoms with E-state index in [1.165, 1.54) is 0 Å². The van der Waals surface area contributed by atoms with Crippen LogP contribution in [0.5, 0.6) is 5.75 Å². The van der Waals surface area contributed by atoms with E-state index >= 15 is 0 Å². The quantitative estimate of drug-likeness (QED) is 0.212. The predicted octanol–water partition coefficient (Wildman–Crippen LogP) is 7.00. The summed E-state index contributed by atoms with van der Waals surface area (Å²) < 4.78 is 38.8. The Hall–Kier alpha value is -3.47. The number of likely N-dealkylation sites (tertiary alicyclic amines) is 1. The molecule has 202 valence electrons. The third-order valence-corrected chi connectivity index (χ3v) is 8.31. The van der Waals surface area contributed by atoms with Crippen molar-refractivity contribution in [1.82, 2.24) is 4.90 Å². The lowest BCUT2D eigenvalue weighted by atomic mass is 9.85. The van der Waals surface area contributed by atoms with Gasteiger partial charge in [-0.2, -0.15) is 0 Å². The van der Waals surface area contributed by atoms with Gasteiger partial charge in [0, 0.05) is 18.5 Å². The summed E-state index contributed by atoms with van der Waals surface area (Å²) in [6.45, 7) is 11.7. The number of benzene rings is 3. The van der Waals surface area contributed by atoms with Crippen LogP contribution in [0.4, 0.5) is 5.69 Å². The zero-order chi connectivity index (χ0) is 27.5. The topological polar surface area (TPSA) is 78.7 Å². The molecule has 39 heavy (non-hydrogen) atoms. The van der Waals surface area contributed by atoms with Crippen molar-refractivity contribution >= 4 is 19.4 Å². The number of nitrogens with zero attached hydrogens (tertiary/aromatic N) is 2. The molecule has 3 aromatic carbocycles. The van der Waals surface area contributed by atoms with E-state index < -0.39 is 25.6 Å². The van der Waals surface area contributed by atoms with Crippen molar-refractivity contribution in [2.75, 3.05) is 6.54 Å². The van der Waals surface area contributed by atoms with E-state index in [1.807, 2.05) is 74.5 Å². The third kappa shape index (κ3) is 6.08. The second-order valence-electron chi connectivity index (χ2n) is 10.2. The van der Waals surface area contributed by atoms with Gasteiger partial charge in [0.15, 0.2) is 5.69 Å². The van der Waals surface area contributed by atoms with Crippen LogP contribution in [0.3, 0.4) is 0 Å². The molecule has 1 amide bonds. The summed E-state index contributed by atoms with van der Waals surface area (Å²) in [5.74, 6) is 0.526. The molecule has 2 atom stereocenters. The molecule has 0 aromatic heterocycles. The van der Waals surface area contributed by atoms with Crippen LogP contribution in [-0.4, -0.2) is 29.1 Å². The first kappa shape index (κ1) is 27.1. The van der Waals surface area contributed by atoms with Gasteiger partial charge < -0.3 is 9.64 Å². The van der Waals surface area contributed by atoms with E-state index in [2.05, 4.69) is 4.85 Å². The van der Waals surface area contributed by atoms with Gasteiger partial charge in [0.2, 0.25) is 5.91 Å². The monoisotopic (exact) mass is 546 g/mol. The summed E-state index contributed by atoms with van der Waals surface area (Å²) in [6.07, 6.45) is 0.202. The van der Waals surface area contributed by atoms with Crippen molar-refractivity contribution in [3.63, 3.8) is 0 Å². The molecule has 0 aliphatic carbocycles. The van der Waals surface area contributed by atoms with E-state index in [4.69, 9.17) is 24.9 Å². The standard InChI is InChI=1S/C30H31N2O6P/c1-30(2)29(28(32-18-10-15-27(32)33)25-19-24(31-3)16-17-26(25)37-30)38-39(34,35-20-22-11-6-4-7-12-22)36-21-23-13-8-5-9-14-23/h4-9,11-14,16-17,19,28-29H,10,15,18,20-21H2,1-2H3/t28-,29+/m1/s1. The number of rotatable bonds is 9. The van der Waals surface area contributed by atoms with Gasteiger partial charge in [0.1, 0.15) is 17.5 Å². The van der Waals surface area contributed by atoms with Crippen molar-refractivity contribution in [1.29, 1.82) is 0 Å². The predicted molar refractivity (Wildman–Crippen MR) is 146 cm³/mol. The maximum atomic E-state index is 14.3. The van der Waals surface area contributed by atoms with E-state index in [0.29, 0.717) is 36.4 Å². The van der Waals surface area contributed by atoms with Crippen molar-refractivity contribution in [3.8, 4) is 5.75 Å². The molecule has 1 saturated heterocycles. The Balaban J connectivity index is 1.51. The summed E-state index contributed by atoms with van der Waals surface area (Å²) in [6, 6.07) is 23.2. The first-order chi connectivity index (χ1) is 18.8. The first-order valence-corrected chi connectivity index (χ1v) is 14.4. The van der Waals surface area contributed by atoms with Gasteiger partial charge in [-0.25, -0.2) is 9.41 Å². The molecule has 0 N–H and O–H groups in total. The molecule has 0 saturated carbocycles. The highest BCUT2D eigenvalue weighted by Gasteiger charge is 2.52. The fourth-order valence-corrected chi connectivity index (χ4v) is 6.44. The van der Waals surface area contributed by atoms with E-state index in [0.717, 1.165) is 11.1 Å². The molecule has 0 radical (unpaired) electrons. The minimum Gasteiger partial charge on any atom is -0.485 e. The molecule has 2 heterocycles. The smallest absolute Gasteiger partial charge is 0.475 e. The van der Waals surface area contributed by atoms with Crippen LogP contribution in [0, 0.1) is 6.57 Å².